The average molecular weight is 458 g/mol. The third-order valence-electron chi connectivity index (χ3n) is 6.01. The lowest BCUT2D eigenvalue weighted by molar-refractivity contribution is -0.151. The van der Waals surface area contributed by atoms with Crippen LogP contribution >= 0.6 is 0 Å². The van der Waals surface area contributed by atoms with Gasteiger partial charge in [0.05, 0.1) is 31.8 Å². The molecule has 0 unspecified atom stereocenters. The van der Waals surface area contributed by atoms with E-state index in [0.29, 0.717) is 46.9 Å². The summed E-state index contributed by atoms with van der Waals surface area (Å²) in [7, 11) is 2.80. The van der Waals surface area contributed by atoms with Crippen molar-refractivity contribution >= 4 is 17.7 Å². The monoisotopic (exact) mass is 457 g/mol. The number of hydrogen-bond donors (Lipinski definition) is 1. The normalized spacial score (nSPS) is 22.5. The molecule has 8 heteroatoms. The Labute approximate surface area is 193 Å². The number of allylic oxidation sites excluding steroid dienone is 3. The molecule has 0 aromatic heterocycles. The standard InChI is InChI=1S/C25H31NO7/c1-6-32-18-10-8-7-9-16(18)21-20(25(29)33-12-11-30-4)15(3)26-17-13-14(2)19(24(28)31-5)23(27)22(17)21/h7-10,14,19,21,26H,6,11-13H2,1-5H3/t14-,19+,21-/m0/s1. The molecule has 0 fully saturated rings. The molecule has 3 atom stereocenters. The zero-order valence-electron chi connectivity index (χ0n) is 19.7. The second kappa shape index (κ2) is 10.7. The van der Waals surface area contributed by atoms with Crippen LogP contribution in [0.5, 0.6) is 5.75 Å². The van der Waals surface area contributed by atoms with Gasteiger partial charge in [0.2, 0.25) is 0 Å². The lowest BCUT2D eigenvalue weighted by Gasteiger charge is -2.38. The van der Waals surface area contributed by atoms with Crippen LogP contribution in [-0.2, 0) is 28.6 Å². The van der Waals surface area contributed by atoms with Gasteiger partial charge in [0, 0.05) is 29.6 Å². The number of dihydropyridines is 1. The summed E-state index contributed by atoms with van der Waals surface area (Å²) in [5, 5.41) is 3.24. The summed E-state index contributed by atoms with van der Waals surface area (Å²) < 4.78 is 21.2. The minimum absolute atomic E-state index is 0.0770. The highest BCUT2D eigenvalue weighted by Gasteiger charge is 2.47. The van der Waals surface area contributed by atoms with E-state index in [1.807, 2.05) is 32.0 Å². The Balaban J connectivity index is 2.17. The van der Waals surface area contributed by atoms with Gasteiger partial charge in [0.15, 0.2) is 5.78 Å². The number of carbonyl (C=O) groups excluding carboxylic acids is 3. The van der Waals surface area contributed by atoms with E-state index in [1.165, 1.54) is 14.2 Å². The maximum atomic E-state index is 13.7. The summed E-state index contributed by atoms with van der Waals surface area (Å²) in [6.45, 7) is 6.25. The summed E-state index contributed by atoms with van der Waals surface area (Å²) in [4.78, 5) is 39.4. The van der Waals surface area contributed by atoms with Crippen LogP contribution < -0.4 is 10.1 Å². The molecule has 1 N–H and O–H groups in total. The SMILES string of the molecule is CCOc1ccccc1[C@H]1C(C(=O)OCCOC)=C(C)NC2=C1C(=O)[C@H](C(=O)OC)[C@@H](C)C2. The van der Waals surface area contributed by atoms with Crippen LogP contribution in [0.2, 0.25) is 0 Å². The molecule has 3 rings (SSSR count). The van der Waals surface area contributed by atoms with Gasteiger partial charge in [0.1, 0.15) is 18.3 Å². The molecule has 1 heterocycles. The van der Waals surface area contributed by atoms with E-state index in [2.05, 4.69) is 5.32 Å². The molecular formula is C25H31NO7. The van der Waals surface area contributed by atoms with Crippen molar-refractivity contribution in [1.82, 2.24) is 5.32 Å². The molecule has 1 aromatic carbocycles. The second-order valence-electron chi connectivity index (χ2n) is 8.13. The van der Waals surface area contributed by atoms with E-state index in [-0.39, 0.29) is 24.9 Å². The minimum atomic E-state index is -0.943. The Bertz CT molecular complexity index is 994. The number of benzene rings is 1. The second-order valence-corrected chi connectivity index (χ2v) is 8.13. The number of nitrogens with one attached hydrogen (secondary N) is 1. The number of hydrogen-bond acceptors (Lipinski definition) is 8. The van der Waals surface area contributed by atoms with Gasteiger partial charge in [-0.05, 0) is 32.3 Å². The van der Waals surface area contributed by atoms with Gasteiger partial charge < -0.3 is 24.3 Å². The van der Waals surface area contributed by atoms with Crippen molar-refractivity contribution in [2.24, 2.45) is 11.8 Å². The molecule has 0 bridgehead atoms. The number of ketones is 1. The Morgan fingerprint density at radius 2 is 1.88 bits per heavy atom. The van der Waals surface area contributed by atoms with E-state index in [9.17, 15) is 14.4 Å². The van der Waals surface area contributed by atoms with Crippen molar-refractivity contribution < 1.29 is 33.3 Å². The molecule has 0 saturated carbocycles. The van der Waals surface area contributed by atoms with Gasteiger partial charge in [-0.15, -0.1) is 0 Å². The van der Waals surface area contributed by atoms with Crippen LogP contribution in [0.4, 0.5) is 0 Å². The maximum absolute atomic E-state index is 13.7. The summed E-state index contributed by atoms with van der Waals surface area (Å²) >= 11 is 0. The van der Waals surface area contributed by atoms with Crippen molar-refractivity contribution in [1.29, 1.82) is 0 Å². The van der Waals surface area contributed by atoms with Gasteiger partial charge >= 0.3 is 11.9 Å². The zero-order valence-corrected chi connectivity index (χ0v) is 19.7. The first-order valence-corrected chi connectivity index (χ1v) is 11.1. The van der Waals surface area contributed by atoms with Crippen molar-refractivity contribution in [3.63, 3.8) is 0 Å². The average Bonchev–Trinajstić information content (AvgIpc) is 2.78. The Morgan fingerprint density at radius 3 is 2.55 bits per heavy atom. The van der Waals surface area contributed by atoms with Crippen molar-refractivity contribution in [2.75, 3.05) is 34.0 Å². The van der Waals surface area contributed by atoms with E-state index >= 15 is 0 Å². The number of para-hydroxylation sites is 1. The van der Waals surface area contributed by atoms with Gasteiger partial charge in [-0.2, -0.15) is 0 Å². The molecule has 0 saturated heterocycles. The summed E-state index contributed by atoms with van der Waals surface area (Å²) in [6.07, 6.45) is 0.470. The van der Waals surface area contributed by atoms with Crippen LogP contribution in [0.15, 0.2) is 46.8 Å². The van der Waals surface area contributed by atoms with Crippen LogP contribution in [-0.4, -0.2) is 51.8 Å². The largest absolute Gasteiger partial charge is 0.494 e. The number of esters is 2. The van der Waals surface area contributed by atoms with Crippen LogP contribution in [0.3, 0.4) is 0 Å². The quantitative estimate of drug-likeness (QED) is 0.361. The lowest BCUT2D eigenvalue weighted by atomic mass is 9.69. The Kier molecular flexibility index (Phi) is 7.92. The molecule has 2 aliphatic rings. The zero-order chi connectivity index (χ0) is 24.1. The molecular weight excluding hydrogens is 426 g/mol. The molecule has 1 aromatic rings. The number of ether oxygens (including phenoxy) is 4. The van der Waals surface area contributed by atoms with Gasteiger partial charge in [0.25, 0.3) is 0 Å². The fourth-order valence-electron chi connectivity index (χ4n) is 4.56. The predicted molar refractivity (Wildman–Crippen MR) is 120 cm³/mol. The third-order valence-corrected chi connectivity index (χ3v) is 6.01. The number of Topliss-reactive ketones (excluding diaryl/α,β-unsaturated/α-hetero) is 1. The van der Waals surface area contributed by atoms with Crippen molar-refractivity contribution in [3.8, 4) is 5.75 Å². The first-order valence-electron chi connectivity index (χ1n) is 11.1. The highest BCUT2D eigenvalue weighted by molar-refractivity contribution is 6.12. The van der Waals surface area contributed by atoms with Gasteiger partial charge in [-0.1, -0.05) is 25.1 Å². The topological polar surface area (TPSA) is 100 Å². The first kappa shape index (κ1) is 24.5. The lowest BCUT2D eigenvalue weighted by Crippen LogP contribution is -2.43. The van der Waals surface area contributed by atoms with Crippen LogP contribution in [0.25, 0.3) is 0 Å². The molecule has 0 amide bonds. The fraction of sp³-hybridized carbons (Fsp3) is 0.480. The van der Waals surface area contributed by atoms with E-state index in [0.717, 1.165) is 0 Å². The fourth-order valence-corrected chi connectivity index (χ4v) is 4.56. The smallest absolute Gasteiger partial charge is 0.336 e. The van der Waals surface area contributed by atoms with Crippen molar-refractivity contribution in [2.45, 2.75) is 33.1 Å². The van der Waals surface area contributed by atoms with E-state index in [4.69, 9.17) is 18.9 Å². The molecule has 8 nitrogen and oxygen atoms in total. The van der Waals surface area contributed by atoms with E-state index in [1.54, 1.807) is 13.0 Å². The van der Waals surface area contributed by atoms with Crippen molar-refractivity contribution in [3.05, 3.63) is 52.4 Å². The third kappa shape index (κ3) is 4.80. The Morgan fingerprint density at radius 1 is 1.15 bits per heavy atom. The molecule has 0 spiro atoms. The molecule has 0 radical (unpaired) electrons. The number of rotatable bonds is 8. The summed E-state index contributed by atoms with van der Waals surface area (Å²) in [6, 6.07) is 7.30. The molecule has 1 aliphatic heterocycles. The minimum Gasteiger partial charge on any atom is -0.494 e. The highest BCUT2D eigenvalue weighted by Crippen LogP contribution is 2.47. The van der Waals surface area contributed by atoms with Crippen LogP contribution in [0.1, 0.15) is 38.7 Å². The van der Waals surface area contributed by atoms with Gasteiger partial charge in [-0.3, -0.25) is 9.59 Å². The molecule has 33 heavy (non-hydrogen) atoms. The highest BCUT2D eigenvalue weighted by atomic mass is 16.6. The summed E-state index contributed by atoms with van der Waals surface area (Å²) in [5.74, 6) is -2.86. The number of methoxy groups -OCH3 is 2. The Hall–Kier alpha value is -3.13. The van der Waals surface area contributed by atoms with Crippen LogP contribution in [0, 0.1) is 11.8 Å². The van der Waals surface area contributed by atoms with E-state index < -0.39 is 23.8 Å². The summed E-state index contributed by atoms with van der Waals surface area (Å²) in [5.41, 5.74) is 2.65. The van der Waals surface area contributed by atoms with Gasteiger partial charge in [-0.25, -0.2) is 4.79 Å². The number of carbonyl (C=O) groups is 3. The predicted octanol–water partition coefficient (Wildman–Crippen LogP) is 2.89. The maximum Gasteiger partial charge on any atom is 0.336 e. The molecule has 178 valence electrons. The first-order chi connectivity index (χ1) is 15.8. The molecule has 1 aliphatic carbocycles.